The molecule has 0 aliphatic carbocycles. The van der Waals surface area contributed by atoms with Gasteiger partial charge in [-0.25, -0.2) is 4.39 Å². The molecule has 0 aromatic heterocycles. The van der Waals surface area contributed by atoms with Gasteiger partial charge in [0.2, 0.25) is 0 Å². The summed E-state index contributed by atoms with van der Waals surface area (Å²) in [5, 5.41) is 12.1. The SMILES string of the molecule is CCCC1(Oc2cc(Cl)c(F)cc2C#N)CNC1.Cl. The van der Waals surface area contributed by atoms with Gasteiger partial charge < -0.3 is 10.1 Å². The molecule has 0 atom stereocenters. The minimum absolute atomic E-state index is 0. The number of nitrogens with zero attached hydrogens (tertiary/aromatic N) is 1. The largest absolute Gasteiger partial charge is 0.483 e. The van der Waals surface area contributed by atoms with Crippen molar-refractivity contribution in [1.29, 1.82) is 5.26 Å². The van der Waals surface area contributed by atoms with Crippen molar-refractivity contribution in [2.75, 3.05) is 13.1 Å². The highest BCUT2D eigenvalue weighted by molar-refractivity contribution is 6.30. The van der Waals surface area contributed by atoms with Gasteiger partial charge in [0.1, 0.15) is 23.2 Å². The van der Waals surface area contributed by atoms with Crippen LogP contribution in [0.1, 0.15) is 25.3 Å². The highest BCUT2D eigenvalue weighted by Crippen LogP contribution is 2.32. The van der Waals surface area contributed by atoms with Crippen LogP contribution in [0, 0.1) is 17.1 Å². The topological polar surface area (TPSA) is 45.0 Å². The molecule has 104 valence electrons. The number of nitriles is 1. The molecule has 1 aromatic carbocycles. The van der Waals surface area contributed by atoms with Crippen LogP contribution in [-0.2, 0) is 0 Å². The normalized spacial score (nSPS) is 15.9. The third kappa shape index (κ3) is 3.30. The van der Waals surface area contributed by atoms with E-state index in [0.29, 0.717) is 5.75 Å². The van der Waals surface area contributed by atoms with E-state index < -0.39 is 5.82 Å². The van der Waals surface area contributed by atoms with Crippen molar-refractivity contribution in [3.63, 3.8) is 0 Å². The van der Waals surface area contributed by atoms with E-state index in [4.69, 9.17) is 21.6 Å². The van der Waals surface area contributed by atoms with Gasteiger partial charge in [-0.15, -0.1) is 12.4 Å². The minimum Gasteiger partial charge on any atom is -0.483 e. The van der Waals surface area contributed by atoms with Crippen LogP contribution in [0.25, 0.3) is 0 Å². The van der Waals surface area contributed by atoms with E-state index in [-0.39, 0.29) is 28.6 Å². The lowest BCUT2D eigenvalue weighted by Crippen LogP contribution is -2.63. The molecule has 19 heavy (non-hydrogen) atoms. The summed E-state index contributed by atoms with van der Waals surface area (Å²) < 4.78 is 19.2. The highest BCUT2D eigenvalue weighted by Gasteiger charge is 2.39. The number of hydrogen-bond acceptors (Lipinski definition) is 3. The fraction of sp³-hybridized carbons (Fsp3) is 0.462. The van der Waals surface area contributed by atoms with Gasteiger partial charge in [-0.05, 0) is 12.5 Å². The molecule has 1 aliphatic rings. The Morgan fingerprint density at radius 1 is 1.53 bits per heavy atom. The van der Waals surface area contributed by atoms with Crippen molar-refractivity contribution in [3.05, 3.63) is 28.5 Å². The van der Waals surface area contributed by atoms with E-state index in [0.717, 1.165) is 32.0 Å². The minimum atomic E-state index is -0.600. The summed E-state index contributed by atoms with van der Waals surface area (Å²) >= 11 is 5.73. The second kappa shape index (κ2) is 6.42. The van der Waals surface area contributed by atoms with E-state index in [2.05, 4.69) is 12.2 Å². The summed E-state index contributed by atoms with van der Waals surface area (Å²) in [7, 11) is 0. The molecule has 1 aliphatic heterocycles. The third-order valence-corrected chi connectivity index (χ3v) is 3.36. The maximum absolute atomic E-state index is 13.3. The third-order valence-electron chi connectivity index (χ3n) is 3.07. The number of halogens is 3. The molecule has 0 spiro atoms. The Kier molecular flexibility index (Phi) is 5.42. The molecule has 0 radical (unpaired) electrons. The molecule has 1 heterocycles. The van der Waals surface area contributed by atoms with Gasteiger partial charge in [-0.2, -0.15) is 5.26 Å². The number of rotatable bonds is 4. The molecular weight excluding hydrogens is 290 g/mol. The molecule has 6 heteroatoms. The maximum atomic E-state index is 13.3. The molecule has 1 aromatic rings. The van der Waals surface area contributed by atoms with Crippen molar-refractivity contribution in [3.8, 4) is 11.8 Å². The second-order valence-electron chi connectivity index (χ2n) is 4.51. The molecule has 0 saturated carbocycles. The van der Waals surface area contributed by atoms with Crippen LogP contribution >= 0.6 is 24.0 Å². The zero-order valence-corrected chi connectivity index (χ0v) is 12.1. The summed E-state index contributed by atoms with van der Waals surface area (Å²) in [6.07, 6.45) is 1.87. The Hall–Kier alpha value is -1.02. The van der Waals surface area contributed by atoms with Gasteiger partial charge in [0.15, 0.2) is 0 Å². The van der Waals surface area contributed by atoms with Gasteiger partial charge >= 0.3 is 0 Å². The van der Waals surface area contributed by atoms with Gasteiger partial charge in [0, 0.05) is 19.2 Å². The Morgan fingerprint density at radius 3 is 2.68 bits per heavy atom. The monoisotopic (exact) mass is 304 g/mol. The van der Waals surface area contributed by atoms with E-state index in [1.165, 1.54) is 6.07 Å². The van der Waals surface area contributed by atoms with Crippen molar-refractivity contribution >= 4 is 24.0 Å². The molecule has 3 nitrogen and oxygen atoms in total. The van der Waals surface area contributed by atoms with Gasteiger partial charge in [-0.3, -0.25) is 0 Å². The average Bonchev–Trinajstić information content (AvgIpc) is 2.30. The molecule has 1 saturated heterocycles. The molecule has 0 amide bonds. The maximum Gasteiger partial charge on any atom is 0.143 e. The van der Waals surface area contributed by atoms with Gasteiger partial charge in [0.05, 0.1) is 10.6 Å². The summed E-state index contributed by atoms with van der Waals surface area (Å²) in [6, 6.07) is 4.43. The quantitative estimate of drug-likeness (QED) is 0.928. The van der Waals surface area contributed by atoms with Gasteiger partial charge in [0.25, 0.3) is 0 Å². The van der Waals surface area contributed by atoms with Crippen LogP contribution < -0.4 is 10.1 Å². The lowest BCUT2D eigenvalue weighted by atomic mass is 9.91. The van der Waals surface area contributed by atoms with Crippen LogP contribution in [0.15, 0.2) is 12.1 Å². The van der Waals surface area contributed by atoms with Crippen molar-refractivity contribution < 1.29 is 9.13 Å². The molecule has 2 rings (SSSR count). The van der Waals surface area contributed by atoms with Crippen molar-refractivity contribution in [2.45, 2.75) is 25.4 Å². The smallest absolute Gasteiger partial charge is 0.143 e. The lowest BCUT2D eigenvalue weighted by Gasteiger charge is -2.42. The Morgan fingerprint density at radius 2 is 2.21 bits per heavy atom. The first-order valence-electron chi connectivity index (χ1n) is 5.89. The Labute approximate surface area is 123 Å². The van der Waals surface area contributed by atoms with Crippen LogP contribution in [0.5, 0.6) is 5.75 Å². The van der Waals surface area contributed by atoms with Gasteiger partial charge in [-0.1, -0.05) is 24.9 Å². The molecule has 0 bridgehead atoms. The number of hydrogen-bond donors (Lipinski definition) is 1. The number of nitrogens with one attached hydrogen (secondary N) is 1. The molecular formula is C13H15Cl2FN2O. The number of ether oxygens (including phenoxy) is 1. The van der Waals surface area contributed by atoms with Crippen LogP contribution in [0.2, 0.25) is 5.02 Å². The first-order chi connectivity index (χ1) is 8.60. The van der Waals surface area contributed by atoms with Crippen LogP contribution in [0.4, 0.5) is 4.39 Å². The van der Waals surface area contributed by atoms with E-state index in [1.807, 2.05) is 6.07 Å². The van der Waals surface area contributed by atoms with Crippen LogP contribution in [-0.4, -0.2) is 18.7 Å². The lowest BCUT2D eigenvalue weighted by molar-refractivity contribution is 0.00754. The van der Waals surface area contributed by atoms with E-state index >= 15 is 0 Å². The zero-order chi connectivity index (χ0) is 13.2. The standard InChI is InChI=1S/C13H14ClFN2O.ClH/c1-2-3-13(7-17-8-13)18-12-5-10(14)11(15)4-9(12)6-16;/h4-5,17H,2-3,7-8H2,1H3;1H. The first kappa shape index (κ1) is 16.0. The fourth-order valence-corrected chi connectivity index (χ4v) is 2.25. The Balaban J connectivity index is 0.00000180. The summed E-state index contributed by atoms with van der Waals surface area (Å²) in [5.41, 5.74) is -0.110. The Bertz CT molecular complexity index is 498. The first-order valence-corrected chi connectivity index (χ1v) is 6.27. The predicted octanol–water partition coefficient (Wildman–Crippen LogP) is 3.29. The van der Waals surface area contributed by atoms with Crippen LogP contribution in [0.3, 0.4) is 0 Å². The van der Waals surface area contributed by atoms with Crippen molar-refractivity contribution in [1.82, 2.24) is 5.32 Å². The second-order valence-corrected chi connectivity index (χ2v) is 4.92. The van der Waals surface area contributed by atoms with E-state index in [9.17, 15) is 4.39 Å². The summed E-state index contributed by atoms with van der Waals surface area (Å²) in [4.78, 5) is 0. The summed E-state index contributed by atoms with van der Waals surface area (Å²) in [6.45, 7) is 3.55. The van der Waals surface area contributed by atoms with E-state index in [1.54, 1.807) is 0 Å². The molecule has 1 fully saturated rings. The average molecular weight is 305 g/mol. The molecule has 1 N–H and O–H groups in total. The summed E-state index contributed by atoms with van der Waals surface area (Å²) in [5.74, 6) is -0.240. The highest BCUT2D eigenvalue weighted by atomic mass is 35.5. The number of benzene rings is 1. The van der Waals surface area contributed by atoms with Crippen molar-refractivity contribution in [2.24, 2.45) is 0 Å². The molecule has 0 unspecified atom stereocenters. The zero-order valence-electron chi connectivity index (χ0n) is 10.5. The fourth-order valence-electron chi connectivity index (χ4n) is 2.09. The predicted molar refractivity (Wildman–Crippen MR) is 74.5 cm³/mol.